The number of hydrogen-bond donors (Lipinski definition) is 1. The molecule has 0 saturated heterocycles. The van der Waals surface area contributed by atoms with Crippen LogP contribution in [0.2, 0.25) is 0 Å². The van der Waals surface area contributed by atoms with Crippen molar-refractivity contribution in [2.75, 3.05) is 4.72 Å². The molecular formula is C19H18N6O2S. The summed E-state index contributed by atoms with van der Waals surface area (Å²) in [6.45, 7) is 3.27. The molecule has 0 amide bonds. The number of aromatic nitrogens is 5. The van der Waals surface area contributed by atoms with Crippen molar-refractivity contribution in [2.24, 2.45) is 0 Å². The number of pyridine rings is 1. The summed E-state index contributed by atoms with van der Waals surface area (Å²) in [6, 6.07) is 14.5. The number of hydrogen-bond acceptors (Lipinski definition) is 6. The predicted octanol–water partition coefficient (Wildman–Crippen LogP) is 3.00. The summed E-state index contributed by atoms with van der Waals surface area (Å²) in [7, 11) is -3.38. The monoisotopic (exact) mass is 394 g/mol. The Morgan fingerprint density at radius 2 is 1.61 bits per heavy atom. The van der Waals surface area contributed by atoms with Crippen LogP contribution in [0.3, 0.4) is 0 Å². The van der Waals surface area contributed by atoms with Crippen molar-refractivity contribution in [3.63, 3.8) is 0 Å². The molecule has 4 rings (SSSR count). The van der Waals surface area contributed by atoms with Crippen molar-refractivity contribution in [3.05, 3.63) is 60.9 Å². The molecule has 0 spiro atoms. The topological polar surface area (TPSA) is 102 Å². The largest absolute Gasteiger partial charge is 0.283 e. The third kappa shape index (κ3) is 3.44. The van der Waals surface area contributed by atoms with Crippen molar-refractivity contribution in [2.45, 2.75) is 19.1 Å². The van der Waals surface area contributed by atoms with Crippen LogP contribution < -0.4 is 4.72 Å². The van der Waals surface area contributed by atoms with E-state index < -0.39 is 15.3 Å². The van der Waals surface area contributed by atoms with Gasteiger partial charge < -0.3 is 0 Å². The lowest BCUT2D eigenvalue weighted by Crippen LogP contribution is -2.22. The van der Waals surface area contributed by atoms with Crippen LogP contribution >= 0.6 is 0 Å². The Kier molecular flexibility index (Phi) is 4.52. The standard InChI is InChI=1S/C19H18N6O2S/c1-13(2)28(26,27)24-16-5-3-14(4-6-16)17-7-8-18-21-22-19(25(18)23-17)15-9-11-20-12-10-15/h3-13,24H,1-2H3. The fraction of sp³-hybridized carbons (Fsp3) is 0.158. The first-order valence-corrected chi connectivity index (χ1v) is 10.2. The first kappa shape index (κ1) is 18.1. The van der Waals surface area contributed by atoms with Gasteiger partial charge in [0.2, 0.25) is 10.0 Å². The van der Waals surface area contributed by atoms with Crippen LogP contribution in [0.4, 0.5) is 5.69 Å². The van der Waals surface area contributed by atoms with E-state index in [4.69, 9.17) is 0 Å². The minimum atomic E-state index is -3.38. The summed E-state index contributed by atoms with van der Waals surface area (Å²) in [4.78, 5) is 4.02. The molecule has 1 N–H and O–H groups in total. The summed E-state index contributed by atoms with van der Waals surface area (Å²) in [5, 5.41) is 12.5. The molecule has 0 fully saturated rings. The van der Waals surface area contributed by atoms with Crippen LogP contribution in [-0.2, 0) is 10.0 Å². The summed E-state index contributed by atoms with van der Waals surface area (Å²) in [6.07, 6.45) is 3.38. The summed E-state index contributed by atoms with van der Waals surface area (Å²) >= 11 is 0. The second-order valence-electron chi connectivity index (χ2n) is 6.52. The maximum atomic E-state index is 12.0. The number of rotatable bonds is 5. The average molecular weight is 394 g/mol. The summed E-state index contributed by atoms with van der Waals surface area (Å²) in [5.41, 5.74) is 3.59. The number of fused-ring (bicyclic) bond motifs is 1. The molecular weight excluding hydrogens is 376 g/mol. The van der Waals surface area contributed by atoms with E-state index in [2.05, 4.69) is 25.0 Å². The van der Waals surface area contributed by atoms with Gasteiger partial charge in [0.05, 0.1) is 10.9 Å². The number of benzene rings is 1. The zero-order valence-electron chi connectivity index (χ0n) is 15.3. The van der Waals surface area contributed by atoms with Crippen LogP contribution in [-0.4, -0.2) is 38.5 Å². The van der Waals surface area contributed by atoms with Gasteiger partial charge in [0.15, 0.2) is 11.5 Å². The van der Waals surface area contributed by atoms with Crippen molar-refractivity contribution in [1.29, 1.82) is 0 Å². The molecule has 0 unspecified atom stereocenters. The molecule has 0 bridgehead atoms. The second kappa shape index (κ2) is 7.01. The molecule has 9 heteroatoms. The molecule has 4 aromatic rings. The van der Waals surface area contributed by atoms with Gasteiger partial charge in [0, 0.05) is 29.2 Å². The van der Waals surface area contributed by atoms with Crippen LogP contribution in [0.25, 0.3) is 28.3 Å². The Balaban J connectivity index is 1.68. The number of anilines is 1. The van der Waals surface area contributed by atoms with Gasteiger partial charge in [0.1, 0.15) is 0 Å². The van der Waals surface area contributed by atoms with Crippen LogP contribution in [0, 0.1) is 0 Å². The van der Waals surface area contributed by atoms with E-state index in [1.54, 1.807) is 42.9 Å². The molecule has 3 aromatic heterocycles. The summed E-state index contributed by atoms with van der Waals surface area (Å²) in [5.74, 6) is 0.626. The lowest BCUT2D eigenvalue weighted by molar-refractivity contribution is 0.593. The highest BCUT2D eigenvalue weighted by Crippen LogP contribution is 2.23. The van der Waals surface area contributed by atoms with Gasteiger partial charge in [-0.1, -0.05) is 12.1 Å². The minimum absolute atomic E-state index is 0.503. The normalized spacial score (nSPS) is 11.8. The Bertz CT molecular complexity index is 1220. The molecule has 1 aromatic carbocycles. The van der Waals surface area contributed by atoms with Gasteiger partial charge in [-0.05, 0) is 50.2 Å². The van der Waals surface area contributed by atoms with E-state index >= 15 is 0 Å². The van der Waals surface area contributed by atoms with Gasteiger partial charge in [-0.25, -0.2) is 8.42 Å². The zero-order valence-corrected chi connectivity index (χ0v) is 16.1. The molecule has 0 atom stereocenters. The van der Waals surface area contributed by atoms with Crippen LogP contribution in [0.5, 0.6) is 0 Å². The highest BCUT2D eigenvalue weighted by Gasteiger charge is 2.15. The predicted molar refractivity (Wildman–Crippen MR) is 107 cm³/mol. The lowest BCUT2D eigenvalue weighted by atomic mass is 10.1. The van der Waals surface area contributed by atoms with Gasteiger partial charge in [0.25, 0.3) is 0 Å². The van der Waals surface area contributed by atoms with E-state index in [0.29, 0.717) is 17.2 Å². The maximum Gasteiger partial charge on any atom is 0.235 e. The number of sulfonamides is 1. The van der Waals surface area contributed by atoms with Crippen molar-refractivity contribution < 1.29 is 8.42 Å². The molecule has 8 nitrogen and oxygen atoms in total. The molecule has 3 heterocycles. The van der Waals surface area contributed by atoms with Crippen LogP contribution in [0.15, 0.2) is 60.9 Å². The van der Waals surface area contributed by atoms with Gasteiger partial charge in [-0.3, -0.25) is 9.71 Å². The maximum absolute atomic E-state index is 12.0. The molecule has 0 saturated carbocycles. The second-order valence-corrected chi connectivity index (χ2v) is 8.76. The molecule has 0 aliphatic heterocycles. The van der Waals surface area contributed by atoms with Gasteiger partial charge >= 0.3 is 0 Å². The van der Waals surface area contributed by atoms with Crippen molar-refractivity contribution in [1.82, 2.24) is 24.8 Å². The van der Waals surface area contributed by atoms with E-state index in [1.807, 2.05) is 36.4 Å². The van der Waals surface area contributed by atoms with E-state index in [9.17, 15) is 8.42 Å². The first-order valence-electron chi connectivity index (χ1n) is 8.69. The van der Waals surface area contributed by atoms with Crippen molar-refractivity contribution in [3.8, 4) is 22.6 Å². The Morgan fingerprint density at radius 1 is 0.893 bits per heavy atom. The average Bonchev–Trinajstić information content (AvgIpc) is 3.12. The van der Waals surface area contributed by atoms with Crippen molar-refractivity contribution >= 4 is 21.4 Å². The lowest BCUT2D eigenvalue weighted by Gasteiger charge is -2.11. The highest BCUT2D eigenvalue weighted by molar-refractivity contribution is 7.93. The van der Waals surface area contributed by atoms with Crippen LogP contribution in [0.1, 0.15) is 13.8 Å². The molecule has 0 radical (unpaired) electrons. The molecule has 28 heavy (non-hydrogen) atoms. The molecule has 0 aliphatic rings. The van der Waals surface area contributed by atoms with E-state index in [1.165, 1.54) is 0 Å². The minimum Gasteiger partial charge on any atom is -0.283 e. The summed E-state index contributed by atoms with van der Waals surface area (Å²) < 4.78 is 28.3. The number of nitrogens with one attached hydrogen (secondary N) is 1. The smallest absolute Gasteiger partial charge is 0.235 e. The third-order valence-electron chi connectivity index (χ3n) is 4.26. The fourth-order valence-electron chi connectivity index (χ4n) is 2.61. The van der Waals surface area contributed by atoms with Gasteiger partial charge in [-0.15, -0.1) is 10.2 Å². The number of nitrogens with zero attached hydrogens (tertiary/aromatic N) is 5. The Morgan fingerprint density at radius 3 is 2.29 bits per heavy atom. The van der Waals surface area contributed by atoms with E-state index in [0.717, 1.165) is 16.8 Å². The Labute approximate surface area is 162 Å². The van der Waals surface area contributed by atoms with Gasteiger partial charge in [-0.2, -0.15) is 9.61 Å². The highest BCUT2D eigenvalue weighted by atomic mass is 32.2. The third-order valence-corrected chi connectivity index (χ3v) is 6.02. The first-order chi connectivity index (χ1) is 13.4. The Hall–Kier alpha value is -3.33. The SMILES string of the molecule is CC(C)S(=O)(=O)Nc1ccc(-c2ccc3nnc(-c4ccncc4)n3n2)cc1. The van der Waals surface area contributed by atoms with E-state index in [-0.39, 0.29) is 0 Å². The zero-order chi connectivity index (χ0) is 19.7. The molecule has 142 valence electrons. The fourth-order valence-corrected chi connectivity index (χ4v) is 3.32. The quantitative estimate of drug-likeness (QED) is 0.558. The molecule has 0 aliphatic carbocycles.